The van der Waals surface area contributed by atoms with Crippen LogP contribution in [0, 0.1) is 10.1 Å². The number of nitro groups is 1. The quantitative estimate of drug-likeness (QED) is 0.228. The van der Waals surface area contributed by atoms with Crippen LogP contribution in [0.4, 0.5) is 5.69 Å². The summed E-state index contributed by atoms with van der Waals surface area (Å²) in [5.41, 5.74) is 2.90. The van der Waals surface area contributed by atoms with E-state index in [4.69, 9.17) is 4.74 Å². The Morgan fingerprint density at radius 2 is 1.75 bits per heavy atom. The molecule has 3 aromatic carbocycles. The maximum absolute atomic E-state index is 13.2. The van der Waals surface area contributed by atoms with Crippen LogP contribution in [-0.2, 0) is 0 Å². The van der Waals surface area contributed by atoms with E-state index in [1.54, 1.807) is 53.2 Å². The molecule has 0 unspecified atom stereocenters. The van der Waals surface area contributed by atoms with E-state index in [1.165, 1.54) is 12.1 Å². The first-order chi connectivity index (χ1) is 15.4. The largest absolute Gasteiger partial charge is 0.402 e. The van der Waals surface area contributed by atoms with Gasteiger partial charge in [0.2, 0.25) is 5.88 Å². The Labute approximate surface area is 182 Å². The van der Waals surface area contributed by atoms with Crippen LogP contribution in [-0.4, -0.2) is 26.5 Å². The SMILES string of the molecule is CC(C)n1nc(OC(=O)c2cccc3c2-c2ccccc2C3=O)c2cc([N+](=O)[O-])ccc21. The highest BCUT2D eigenvalue weighted by atomic mass is 16.6. The first kappa shape index (κ1) is 19.6. The van der Waals surface area contributed by atoms with E-state index in [-0.39, 0.29) is 29.0 Å². The Morgan fingerprint density at radius 1 is 1.03 bits per heavy atom. The molecule has 1 aliphatic carbocycles. The number of benzene rings is 3. The van der Waals surface area contributed by atoms with Gasteiger partial charge in [0.05, 0.1) is 21.4 Å². The molecule has 1 heterocycles. The van der Waals surface area contributed by atoms with E-state index in [9.17, 15) is 19.7 Å². The predicted molar refractivity (Wildman–Crippen MR) is 117 cm³/mol. The third-order valence-electron chi connectivity index (χ3n) is 5.52. The molecule has 0 spiro atoms. The second kappa shape index (κ2) is 7.12. The van der Waals surface area contributed by atoms with Crippen molar-refractivity contribution < 1.29 is 19.2 Å². The van der Waals surface area contributed by atoms with Crippen LogP contribution < -0.4 is 4.74 Å². The molecule has 1 aliphatic rings. The standard InChI is InChI=1S/C24H17N3O5/c1-13(2)26-20-11-10-14(27(30)31)12-19(20)23(25-26)32-24(29)18-9-5-8-17-21(18)15-6-3-4-7-16(15)22(17)28/h3-13H,1-2H3. The zero-order valence-electron chi connectivity index (χ0n) is 17.2. The Kier molecular flexibility index (Phi) is 4.37. The molecule has 158 valence electrons. The summed E-state index contributed by atoms with van der Waals surface area (Å²) in [4.78, 5) is 36.7. The number of non-ortho nitro benzene ring substituents is 1. The van der Waals surface area contributed by atoms with Crippen molar-refractivity contribution >= 4 is 28.3 Å². The van der Waals surface area contributed by atoms with Gasteiger partial charge >= 0.3 is 5.97 Å². The summed E-state index contributed by atoms with van der Waals surface area (Å²) >= 11 is 0. The van der Waals surface area contributed by atoms with E-state index < -0.39 is 10.9 Å². The number of carbonyl (C=O) groups is 2. The fourth-order valence-electron chi connectivity index (χ4n) is 4.07. The van der Waals surface area contributed by atoms with Gasteiger partial charge in [0.1, 0.15) is 0 Å². The maximum Gasteiger partial charge on any atom is 0.345 e. The van der Waals surface area contributed by atoms with Crippen LogP contribution in [0.25, 0.3) is 22.0 Å². The Balaban J connectivity index is 1.62. The highest BCUT2D eigenvalue weighted by Crippen LogP contribution is 2.39. The lowest BCUT2D eigenvalue weighted by Gasteiger charge is -2.08. The van der Waals surface area contributed by atoms with Crippen molar-refractivity contribution in [3.8, 4) is 17.0 Å². The monoisotopic (exact) mass is 427 g/mol. The number of esters is 1. The molecule has 1 aromatic heterocycles. The molecule has 32 heavy (non-hydrogen) atoms. The molecule has 5 rings (SSSR count). The molecule has 0 amide bonds. The molecule has 0 saturated heterocycles. The number of fused-ring (bicyclic) bond motifs is 4. The predicted octanol–water partition coefficient (Wildman–Crippen LogP) is 4.96. The number of rotatable bonds is 4. The fraction of sp³-hybridized carbons (Fsp3) is 0.125. The number of hydrogen-bond donors (Lipinski definition) is 0. The average Bonchev–Trinajstić information content (AvgIpc) is 3.29. The third kappa shape index (κ3) is 2.88. The number of hydrogen-bond acceptors (Lipinski definition) is 6. The van der Waals surface area contributed by atoms with E-state index in [0.29, 0.717) is 33.2 Å². The maximum atomic E-state index is 13.2. The van der Waals surface area contributed by atoms with Crippen molar-refractivity contribution in [2.24, 2.45) is 0 Å². The van der Waals surface area contributed by atoms with Gasteiger partial charge in [0, 0.05) is 34.9 Å². The molecular formula is C24H17N3O5. The van der Waals surface area contributed by atoms with Crippen molar-refractivity contribution in [1.29, 1.82) is 0 Å². The topological polar surface area (TPSA) is 104 Å². The minimum Gasteiger partial charge on any atom is -0.402 e. The van der Waals surface area contributed by atoms with Gasteiger partial charge in [-0.3, -0.25) is 19.6 Å². The first-order valence-corrected chi connectivity index (χ1v) is 10.0. The van der Waals surface area contributed by atoms with E-state index in [2.05, 4.69) is 5.10 Å². The van der Waals surface area contributed by atoms with Crippen molar-refractivity contribution in [1.82, 2.24) is 9.78 Å². The fourth-order valence-corrected chi connectivity index (χ4v) is 4.07. The van der Waals surface area contributed by atoms with E-state index >= 15 is 0 Å². The van der Waals surface area contributed by atoms with Crippen molar-refractivity contribution in [2.45, 2.75) is 19.9 Å². The number of nitrogens with zero attached hydrogens (tertiary/aromatic N) is 3. The summed E-state index contributed by atoms with van der Waals surface area (Å²) in [6, 6.07) is 16.3. The Hall–Kier alpha value is -4.33. The second-order valence-corrected chi connectivity index (χ2v) is 7.79. The summed E-state index contributed by atoms with van der Waals surface area (Å²) in [6.45, 7) is 3.82. The number of ether oxygens (including phenoxy) is 1. The van der Waals surface area contributed by atoms with Crippen LogP contribution in [0.2, 0.25) is 0 Å². The highest BCUT2D eigenvalue weighted by molar-refractivity contribution is 6.24. The first-order valence-electron chi connectivity index (χ1n) is 10.0. The number of ketones is 1. The molecule has 0 saturated carbocycles. The molecule has 4 aromatic rings. The van der Waals surface area contributed by atoms with Gasteiger partial charge < -0.3 is 4.74 Å². The van der Waals surface area contributed by atoms with Crippen LogP contribution >= 0.6 is 0 Å². The minimum absolute atomic E-state index is 0.0161. The second-order valence-electron chi connectivity index (χ2n) is 7.79. The Bertz CT molecular complexity index is 1450. The molecule has 0 bridgehead atoms. The zero-order valence-corrected chi connectivity index (χ0v) is 17.2. The molecular weight excluding hydrogens is 410 g/mol. The smallest absolute Gasteiger partial charge is 0.345 e. The normalized spacial score (nSPS) is 12.2. The third-order valence-corrected chi connectivity index (χ3v) is 5.52. The van der Waals surface area contributed by atoms with Crippen molar-refractivity contribution in [3.63, 3.8) is 0 Å². The number of carbonyl (C=O) groups excluding carboxylic acids is 2. The zero-order chi connectivity index (χ0) is 22.6. The lowest BCUT2D eigenvalue weighted by atomic mass is 9.99. The van der Waals surface area contributed by atoms with Gasteiger partial charge in [0.15, 0.2) is 5.78 Å². The van der Waals surface area contributed by atoms with Crippen LogP contribution in [0.3, 0.4) is 0 Å². The summed E-state index contributed by atoms with van der Waals surface area (Å²) in [6.07, 6.45) is 0. The van der Waals surface area contributed by atoms with Gasteiger partial charge in [-0.05, 0) is 31.5 Å². The molecule has 0 atom stereocenters. The molecule has 8 heteroatoms. The molecule has 8 nitrogen and oxygen atoms in total. The molecule has 0 N–H and O–H groups in total. The van der Waals surface area contributed by atoms with Gasteiger partial charge in [-0.25, -0.2) is 4.79 Å². The van der Waals surface area contributed by atoms with E-state index in [1.807, 2.05) is 13.8 Å². The van der Waals surface area contributed by atoms with Gasteiger partial charge in [-0.15, -0.1) is 5.10 Å². The van der Waals surface area contributed by atoms with Gasteiger partial charge in [0.25, 0.3) is 5.69 Å². The Morgan fingerprint density at radius 3 is 2.47 bits per heavy atom. The highest BCUT2D eigenvalue weighted by Gasteiger charge is 2.31. The van der Waals surface area contributed by atoms with E-state index in [0.717, 1.165) is 0 Å². The molecule has 0 fully saturated rings. The number of nitro benzene ring substituents is 1. The average molecular weight is 427 g/mol. The molecule has 0 radical (unpaired) electrons. The molecule has 0 aliphatic heterocycles. The van der Waals surface area contributed by atoms with Gasteiger partial charge in [-0.2, -0.15) is 0 Å². The summed E-state index contributed by atoms with van der Waals surface area (Å²) in [5.74, 6) is -0.846. The van der Waals surface area contributed by atoms with Crippen molar-refractivity contribution in [2.75, 3.05) is 0 Å². The lowest BCUT2D eigenvalue weighted by Crippen LogP contribution is -2.11. The minimum atomic E-state index is -0.687. The number of aromatic nitrogens is 2. The summed E-state index contributed by atoms with van der Waals surface area (Å²) in [7, 11) is 0. The van der Waals surface area contributed by atoms with Crippen LogP contribution in [0.15, 0.2) is 60.7 Å². The van der Waals surface area contributed by atoms with Crippen LogP contribution in [0.5, 0.6) is 5.88 Å². The lowest BCUT2D eigenvalue weighted by molar-refractivity contribution is -0.384. The van der Waals surface area contributed by atoms with Crippen LogP contribution in [0.1, 0.15) is 46.2 Å². The van der Waals surface area contributed by atoms with Crippen molar-refractivity contribution in [3.05, 3.63) is 87.5 Å². The summed E-state index contributed by atoms with van der Waals surface area (Å²) < 4.78 is 7.30. The van der Waals surface area contributed by atoms with Gasteiger partial charge in [-0.1, -0.05) is 36.4 Å². The summed E-state index contributed by atoms with van der Waals surface area (Å²) in [5, 5.41) is 16.0.